The highest BCUT2D eigenvalue weighted by molar-refractivity contribution is 6.31. The second-order valence-corrected chi connectivity index (χ2v) is 9.92. The average Bonchev–Trinajstić information content (AvgIpc) is 3.24. The van der Waals surface area contributed by atoms with Gasteiger partial charge < -0.3 is 14.7 Å². The van der Waals surface area contributed by atoms with Crippen molar-refractivity contribution in [3.8, 4) is 11.1 Å². The number of benzene rings is 2. The SMILES string of the molecule is CN(C)C1CN(C(=O)c2cncc(-c3ccc4ncnc(N5CCc6cc(F)c(Cl)cc65)c4c3)c2)C1. The van der Waals surface area contributed by atoms with Crippen molar-refractivity contribution in [2.45, 2.75) is 12.5 Å². The smallest absolute Gasteiger partial charge is 0.255 e. The highest BCUT2D eigenvalue weighted by Gasteiger charge is 2.32. The Morgan fingerprint density at radius 1 is 1.08 bits per heavy atom. The van der Waals surface area contributed by atoms with E-state index in [1.807, 2.05) is 43.3 Å². The fraction of sp³-hybridized carbons (Fsp3) is 0.259. The predicted octanol–water partition coefficient (Wildman–Crippen LogP) is 4.56. The van der Waals surface area contributed by atoms with Gasteiger partial charge in [-0.3, -0.25) is 9.78 Å². The number of amides is 1. The first-order chi connectivity index (χ1) is 17.4. The molecule has 4 heterocycles. The molecule has 0 N–H and O–H groups in total. The molecular formula is C27H24ClFN6O. The van der Waals surface area contributed by atoms with E-state index in [1.54, 1.807) is 18.5 Å². The molecule has 1 amide bonds. The van der Waals surface area contributed by atoms with Crippen LogP contribution in [0.3, 0.4) is 0 Å². The first-order valence-corrected chi connectivity index (χ1v) is 12.2. The zero-order valence-electron chi connectivity index (χ0n) is 19.9. The number of pyridine rings is 1. The van der Waals surface area contributed by atoms with Gasteiger partial charge >= 0.3 is 0 Å². The number of carbonyl (C=O) groups is 1. The van der Waals surface area contributed by atoms with E-state index in [0.717, 1.165) is 52.2 Å². The number of rotatable bonds is 4. The Bertz CT molecular complexity index is 1500. The molecule has 0 saturated carbocycles. The summed E-state index contributed by atoms with van der Waals surface area (Å²) < 4.78 is 14.0. The van der Waals surface area contributed by atoms with Crippen LogP contribution in [0.4, 0.5) is 15.9 Å². The van der Waals surface area contributed by atoms with Crippen LogP contribution in [0, 0.1) is 5.82 Å². The summed E-state index contributed by atoms with van der Waals surface area (Å²) >= 11 is 6.09. The van der Waals surface area contributed by atoms with E-state index in [-0.39, 0.29) is 10.9 Å². The van der Waals surface area contributed by atoms with Crippen molar-refractivity contribution in [1.29, 1.82) is 0 Å². The molecular weight excluding hydrogens is 479 g/mol. The Morgan fingerprint density at radius 3 is 2.72 bits per heavy atom. The lowest BCUT2D eigenvalue weighted by atomic mass is 10.0. The Labute approximate surface area is 213 Å². The number of anilines is 2. The Balaban J connectivity index is 1.35. The Hall–Kier alpha value is -3.62. The second-order valence-electron chi connectivity index (χ2n) is 9.52. The first kappa shape index (κ1) is 22.8. The van der Waals surface area contributed by atoms with Gasteiger partial charge in [-0.05, 0) is 62.0 Å². The van der Waals surface area contributed by atoms with Crippen molar-refractivity contribution in [1.82, 2.24) is 24.8 Å². The van der Waals surface area contributed by atoms with Crippen LogP contribution in [-0.4, -0.2) is 70.4 Å². The number of fused-ring (bicyclic) bond motifs is 2. The van der Waals surface area contributed by atoms with Crippen LogP contribution in [0.15, 0.2) is 55.1 Å². The zero-order valence-corrected chi connectivity index (χ0v) is 20.7. The van der Waals surface area contributed by atoms with Crippen LogP contribution in [0.5, 0.6) is 0 Å². The zero-order chi connectivity index (χ0) is 25.0. The van der Waals surface area contributed by atoms with Crippen molar-refractivity contribution in [3.63, 3.8) is 0 Å². The number of hydrogen-bond acceptors (Lipinski definition) is 6. The minimum Gasteiger partial charge on any atom is -0.335 e. The molecule has 9 heteroatoms. The molecule has 0 bridgehead atoms. The van der Waals surface area contributed by atoms with Crippen LogP contribution in [0.25, 0.3) is 22.0 Å². The van der Waals surface area contributed by atoms with Gasteiger partial charge in [0.2, 0.25) is 0 Å². The standard InChI is InChI=1S/C27H24ClFN6O/c1-33(2)20-13-34(14-20)27(36)19-7-18(11-30-12-19)16-3-4-24-21(8-16)26(32-15-31-24)35-6-5-17-9-23(29)22(28)10-25(17)35/h3-4,7-12,15,20H,5-6,13-14H2,1-2H3. The van der Waals surface area contributed by atoms with Gasteiger partial charge in [0.05, 0.1) is 16.1 Å². The summed E-state index contributed by atoms with van der Waals surface area (Å²) in [5.74, 6) is 0.313. The van der Waals surface area contributed by atoms with Crippen molar-refractivity contribution < 1.29 is 9.18 Å². The molecule has 7 nitrogen and oxygen atoms in total. The molecule has 182 valence electrons. The molecule has 4 aromatic rings. The number of halogens is 2. The molecule has 2 aromatic carbocycles. The van der Waals surface area contributed by atoms with Gasteiger partial charge in [0, 0.05) is 54.7 Å². The largest absolute Gasteiger partial charge is 0.335 e. The van der Waals surface area contributed by atoms with E-state index < -0.39 is 5.82 Å². The average molecular weight is 503 g/mol. The molecule has 0 unspecified atom stereocenters. The first-order valence-electron chi connectivity index (χ1n) is 11.8. The summed E-state index contributed by atoms with van der Waals surface area (Å²) in [4.78, 5) is 32.4. The quantitative estimate of drug-likeness (QED) is 0.407. The number of carbonyl (C=O) groups excluding carboxylic acids is 1. The van der Waals surface area contributed by atoms with Crippen LogP contribution >= 0.6 is 11.6 Å². The molecule has 1 fully saturated rings. The fourth-order valence-electron chi connectivity index (χ4n) is 4.88. The Kier molecular flexibility index (Phi) is 5.58. The van der Waals surface area contributed by atoms with Crippen LogP contribution in [-0.2, 0) is 6.42 Å². The molecule has 0 atom stereocenters. The number of aromatic nitrogens is 3. The van der Waals surface area contributed by atoms with Crippen LogP contribution in [0.2, 0.25) is 5.02 Å². The van der Waals surface area contributed by atoms with E-state index in [4.69, 9.17) is 11.6 Å². The third kappa shape index (κ3) is 3.86. The lowest BCUT2D eigenvalue weighted by Gasteiger charge is -2.42. The number of nitrogens with zero attached hydrogens (tertiary/aromatic N) is 6. The monoisotopic (exact) mass is 502 g/mol. The lowest BCUT2D eigenvalue weighted by Crippen LogP contribution is -2.59. The van der Waals surface area contributed by atoms with Gasteiger partial charge in [-0.1, -0.05) is 17.7 Å². The maximum Gasteiger partial charge on any atom is 0.255 e. The molecule has 2 aromatic heterocycles. The lowest BCUT2D eigenvalue weighted by molar-refractivity contribution is 0.0399. The fourth-order valence-corrected chi connectivity index (χ4v) is 5.04. The maximum atomic E-state index is 14.0. The highest BCUT2D eigenvalue weighted by atomic mass is 35.5. The highest BCUT2D eigenvalue weighted by Crippen LogP contribution is 2.39. The summed E-state index contributed by atoms with van der Waals surface area (Å²) in [5.41, 5.74) is 4.87. The molecule has 2 aliphatic rings. The van der Waals surface area contributed by atoms with Gasteiger partial charge in [-0.25, -0.2) is 14.4 Å². The van der Waals surface area contributed by atoms with Gasteiger partial charge in [-0.15, -0.1) is 0 Å². The number of likely N-dealkylation sites (tertiary alicyclic amines) is 1. The summed E-state index contributed by atoms with van der Waals surface area (Å²) in [7, 11) is 4.06. The molecule has 0 spiro atoms. The van der Waals surface area contributed by atoms with Gasteiger partial charge in [0.1, 0.15) is 18.0 Å². The topological polar surface area (TPSA) is 65.5 Å². The summed E-state index contributed by atoms with van der Waals surface area (Å²) in [6, 6.07) is 11.4. The van der Waals surface area contributed by atoms with Crippen molar-refractivity contribution >= 4 is 39.9 Å². The van der Waals surface area contributed by atoms with E-state index in [2.05, 4.69) is 24.8 Å². The van der Waals surface area contributed by atoms with Gasteiger partial charge in [0.25, 0.3) is 5.91 Å². The molecule has 1 saturated heterocycles. The van der Waals surface area contributed by atoms with E-state index in [9.17, 15) is 9.18 Å². The summed E-state index contributed by atoms with van der Waals surface area (Å²) in [6.07, 6.45) is 5.62. The minimum atomic E-state index is -0.413. The van der Waals surface area contributed by atoms with Crippen LogP contribution < -0.4 is 4.90 Å². The third-order valence-corrected chi connectivity index (χ3v) is 7.38. The minimum absolute atomic E-state index is 0.00922. The van der Waals surface area contributed by atoms with E-state index in [0.29, 0.717) is 24.6 Å². The molecule has 6 rings (SSSR count). The normalized spacial score (nSPS) is 15.5. The van der Waals surface area contributed by atoms with Gasteiger partial charge in [-0.2, -0.15) is 0 Å². The second kappa shape index (κ2) is 8.80. The van der Waals surface area contributed by atoms with Crippen molar-refractivity contribution in [2.75, 3.05) is 38.6 Å². The van der Waals surface area contributed by atoms with Crippen LogP contribution in [0.1, 0.15) is 15.9 Å². The van der Waals surface area contributed by atoms with Crippen molar-refractivity contribution in [2.24, 2.45) is 0 Å². The molecule has 36 heavy (non-hydrogen) atoms. The summed E-state index contributed by atoms with van der Waals surface area (Å²) in [5, 5.41) is 0.947. The maximum absolute atomic E-state index is 14.0. The number of hydrogen-bond donors (Lipinski definition) is 0. The van der Waals surface area contributed by atoms with E-state index >= 15 is 0 Å². The van der Waals surface area contributed by atoms with Gasteiger partial charge in [0.15, 0.2) is 0 Å². The third-order valence-electron chi connectivity index (χ3n) is 7.09. The van der Waals surface area contributed by atoms with Crippen molar-refractivity contribution in [3.05, 3.63) is 77.1 Å². The summed E-state index contributed by atoms with van der Waals surface area (Å²) in [6.45, 7) is 2.11. The molecule has 0 aliphatic carbocycles. The van der Waals surface area contributed by atoms with E-state index in [1.165, 1.54) is 12.4 Å². The molecule has 0 radical (unpaired) electrons. The molecule has 2 aliphatic heterocycles. The number of likely N-dealkylation sites (N-methyl/N-ethyl adjacent to an activating group) is 1. The predicted molar refractivity (Wildman–Crippen MR) is 138 cm³/mol. The Morgan fingerprint density at radius 2 is 1.92 bits per heavy atom.